The summed E-state index contributed by atoms with van der Waals surface area (Å²) in [5.41, 5.74) is 0.875. The number of piperazine rings is 1. The van der Waals surface area contributed by atoms with E-state index in [4.69, 9.17) is 5.26 Å². The number of benzene rings is 1. The maximum absolute atomic E-state index is 12.8. The number of likely N-dealkylation sites (tertiary alicyclic amines) is 1. The Balaban J connectivity index is 1.70. The molecule has 0 unspecified atom stereocenters. The lowest BCUT2D eigenvalue weighted by Crippen LogP contribution is -2.54. The molecule has 3 aliphatic rings. The first-order valence-electron chi connectivity index (χ1n) is 7.29. The molecule has 0 spiro atoms. The standard InChI is InChI=1S/C15H11IN4O4/c16-10-3-8(2-1-7(10)5-17)20-13(21)12-11-4-9(19(12)14(20)22)6-18(11)15(23)24/h1-3,9,11-12H,4,6H2,(H,23,24)/t9-,11-,12-/m0/s1. The number of amides is 4. The average Bonchev–Trinajstić information content (AvgIpc) is 3.19. The number of carboxylic acid groups (broad SMARTS) is 1. The first-order valence-corrected chi connectivity index (χ1v) is 8.37. The topological polar surface area (TPSA) is 105 Å². The maximum Gasteiger partial charge on any atom is 0.407 e. The van der Waals surface area contributed by atoms with Crippen molar-refractivity contribution >= 4 is 46.3 Å². The Hall–Kier alpha value is -2.35. The Bertz CT molecular complexity index is 835. The fraction of sp³-hybridized carbons (Fsp3) is 0.333. The van der Waals surface area contributed by atoms with E-state index in [2.05, 4.69) is 0 Å². The van der Waals surface area contributed by atoms with Crippen molar-refractivity contribution in [2.45, 2.75) is 24.5 Å². The second kappa shape index (κ2) is 5.07. The molecule has 3 heterocycles. The molecule has 4 rings (SSSR count). The van der Waals surface area contributed by atoms with E-state index in [9.17, 15) is 19.5 Å². The molecule has 3 fully saturated rings. The molecule has 8 nitrogen and oxygen atoms in total. The molecule has 122 valence electrons. The van der Waals surface area contributed by atoms with Crippen molar-refractivity contribution in [1.82, 2.24) is 9.80 Å². The van der Waals surface area contributed by atoms with Crippen LogP contribution < -0.4 is 4.90 Å². The quantitative estimate of drug-likeness (QED) is 0.528. The summed E-state index contributed by atoms with van der Waals surface area (Å²) in [6, 6.07) is 4.89. The van der Waals surface area contributed by atoms with Gasteiger partial charge in [0.2, 0.25) is 0 Å². The molecule has 9 heteroatoms. The monoisotopic (exact) mass is 438 g/mol. The van der Waals surface area contributed by atoms with E-state index in [1.807, 2.05) is 28.7 Å². The zero-order chi connectivity index (χ0) is 17.2. The van der Waals surface area contributed by atoms with Crippen molar-refractivity contribution in [3.05, 3.63) is 27.3 Å². The van der Waals surface area contributed by atoms with Crippen molar-refractivity contribution in [1.29, 1.82) is 5.26 Å². The van der Waals surface area contributed by atoms with E-state index >= 15 is 0 Å². The molecule has 2 bridgehead atoms. The van der Waals surface area contributed by atoms with E-state index < -0.39 is 30.1 Å². The molecular weight excluding hydrogens is 427 g/mol. The first kappa shape index (κ1) is 15.2. The summed E-state index contributed by atoms with van der Waals surface area (Å²) >= 11 is 1.98. The number of hydrogen-bond acceptors (Lipinski definition) is 4. The van der Waals surface area contributed by atoms with Crippen LogP contribution in [-0.4, -0.2) is 57.6 Å². The number of halogens is 1. The number of nitriles is 1. The number of hydrogen-bond donors (Lipinski definition) is 1. The maximum atomic E-state index is 12.8. The normalized spacial score (nSPS) is 27.7. The molecule has 0 aromatic heterocycles. The highest BCUT2D eigenvalue weighted by molar-refractivity contribution is 14.1. The van der Waals surface area contributed by atoms with Crippen LogP contribution in [0, 0.1) is 14.9 Å². The summed E-state index contributed by atoms with van der Waals surface area (Å²) < 4.78 is 0.649. The lowest BCUT2D eigenvalue weighted by molar-refractivity contribution is -0.121. The van der Waals surface area contributed by atoms with Crippen LogP contribution in [0.25, 0.3) is 0 Å². The Morgan fingerprint density at radius 2 is 2.12 bits per heavy atom. The van der Waals surface area contributed by atoms with Gasteiger partial charge in [0, 0.05) is 10.1 Å². The van der Waals surface area contributed by atoms with Crippen LogP contribution in [0.4, 0.5) is 15.3 Å². The fourth-order valence-corrected chi connectivity index (χ4v) is 4.47. The summed E-state index contributed by atoms with van der Waals surface area (Å²) in [7, 11) is 0. The number of anilines is 1. The Morgan fingerprint density at radius 1 is 1.38 bits per heavy atom. The lowest BCUT2D eigenvalue weighted by atomic mass is 10.1. The minimum atomic E-state index is -1.06. The van der Waals surface area contributed by atoms with Gasteiger partial charge in [-0.2, -0.15) is 5.26 Å². The highest BCUT2D eigenvalue weighted by Gasteiger charge is 2.63. The third-order valence-electron chi connectivity index (χ3n) is 4.84. The summed E-state index contributed by atoms with van der Waals surface area (Å²) in [6.45, 7) is 0.244. The average molecular weight is 438 g/mol. The van der Waals surface area contributed by atoms with Crippen LogP contribution in [0.5, 0.6) is 0 Å². The van der Waals surface area contributed by atoms with Gasteiger partial charge in [-0.25, -0.2) is 14.5 Å². The fourth-order valence-electron chi connectivity index (χ4n) is 3.85. The minimum Gasteiger partial charge on any atom is -0.465 e. The summed E-state index contributed by atoms with van der Waals surface area (Å²) in [6.07, 6.45) is -0.554. The highest BCUT2D eigenvalue weighted by atomic mass is 127. The first-order chi connectivity index (χ1) is 11.4. The second-order valence-corrected chi connectivity index (χ2v) is 7.14. The summed E-state index contributed by atoms with van der Waals surface area (Å²) in [5, 5.41) is 18.2. The van der Waals surface area contributed by atoms with E-state index in [0.29, 0.717) is 21.2 Å². The largest absolute Gasteiger partial charge is 0.465 e. The van der Waals surface area contributed by atoms with Gasteiger partial charge in [-0.15, -0.1) is 0 Å². The van der Waals surface area contributed by atoms with Crippen LogP contribution in [0.2, 0.25) is 0 Å². The van der Waals surface area contributed by atoms with Gasteiger partial charge in [0.1, 0.15) is 12.1 Å². The Labute approximate surface area is 150 Å². The van der Waals surface area contributed by atoms with Gasteiger partial charge in [-0.05, 0) is 47.2 Å². The van der Waals surface area contributed by atoms with Crippen LogP contribution in [0.1, 0.15) is 12.0 Å². The van der Waals surface area contributed by atoms with Crippen molar-refractivity contribution in [2.75, 3.05) is 11.4 Å². The summed E-state index contributed by atoms with van der Waals surface area (Å²) in [5.74, 6) is -0.404. The van der Waals surface area contributed by atoms with Gasteiger partial charge >= 0.3 is 12.1 Å². The van der Waals surface area contributed by atoms with Gasteiger partial charge in [0.25, 0.3) is 5.91 Å². The number of fused-ring (bicyclic) bond motifs is 5. The molecule has 3 saturated heterocycles. The van der Waals surface area contributed by atoms with E-state index in [1.165, 1.54) is 9.80 Å². The molecule has 4 amide bonds. The molecule has 3 atom stereocenters. The second-order valence-electron chi connectivity index (χ2n) is 5.98. The number of carbonyl (C=O) groups excluding carboxylic acids is 2. The molecule has 1 aromatic rings. The SMILES string of the molecule is N#Cc1ccc(N2C(=O)[C@@H]3[C@@H]4C[C@@H](CN4C(=O)O)N3C2=O)cc1I. The molecule has 3 aliphatic heterocycles. The van der Waals surface area contributed by atoms with Crippen LogP contribution >= 0.6 is 22.6 Å². The number of nitrogens with zero attached hydrogens (tertiary/aromatic N) is 4. The predicted octanol–water partition coefficient (Wildman–Crippen LogP) is 1.43. The van der Waals surface area contributed by atoms with Gasteiger partial charge in [0.15, 0.2) is 0 Å². The Morgan fingerprint density at radius 3 is 2.75 bits per heavy atom. The smallest absolute Gasteiger partial charge is 0.407 e. The molecule has 0 saturated carbocycles. The van der Waals surface area contributed by atoms with Gasteiger partial charge in [-0.3, -0.25) is 4.79 Å². The number of rotatable bonds is 1. The van der Waals surface area contributed by atoms with Gasteiger partial charge in [0.05, 0.1) is 23.3 Å². The van der Waals surface area contributed by atoms with Crippen molar-refractivity contribution < 1.29 is 19.5 Å². The number of carbonyl (C=O) groups is 3. The number of imide groups is 1. The minimum absolute atomic E-state index is 0.244. The van der Waals surface area contributed by atoms with Gasteiger partial charge < -0.3 is 14.9 Å². The molecule has 24 heavy (non-hydrogen) atoms. The lowest BCUT2D eigenvalue weighted by Gasteiger charge is -2.32. The zero-order valence-corrected chi connectivity index (χ0v) is 14.4. The molecule has 1 aromatic carbocycles. The molecule has 1 N–H and O–H groups in total. The summed E-state index contributed by atoms with van der Waals surface area (Å²) in [4.78, 5) is 40.7. The third kappa shape index (κ3) is 1.86. The van der Waals surface area contributed by atoms with Crippen LogP contribution in [0.3, 0.4) is 0 Å². The van der Waals surface area contributed by atoms with E-state index in [0.717, 1.165) is 4.90 Å². The van der Waals surface area contributed by atoms with Crippen LogP contribution in [-0.2, 0) is 4.79 Å². The van der Waals surface area contributed by atoms with E-state index in [1.54, 1.807) is 18.2 Å². The molecule has 0 aliphatic carbocycles. The Kier molecular flexibility index (Phi) is 3.21. The molecular formula is C15H11IN4O4. The van der Waals surface area contributed by atoms with Crippen LogP contribution in [0.15, 0.2) is 18.2 Å². The van der Waals surface area contributed by atoms with Gasteiger partial charge in [-0.1, -0.05) is 0 Å². The zero-order valence-electron chi connectivity index (χ0n) is 12.2. The molecule has 0 radical (unpaired) electrons. The van der Waals surface area contributed by atoms with Crippen molar-refractivity contribution in [3.63, 3.8) is 0 Å². The van der Waals surface area contributed by atoms with Crippen molar-refractivity contribution in [3.8, 4) is 6.07 Å². The van der Waals surface area contributed by atoms with Crippen molar-refractivity contribution in [2.24, 2.45) is 0 Å². The number of urea groups is 1. The predicted molar refractivity (Wildman–Crippen MR) is 89.3 cm³/mol. The highest BCUT2D eigenvalue weighted by Crippen LogP contribution is 2.42. The van der Waals surface area contributed by atoms with E-state index in [-0.39, 0.29) is 12.6 Å². The third-order valence-corrected chi connectivity index (χ3v) is 5.73.